The van der Waals surface area contributed by atoms with Gasteiger partial charge >= 0.3 is 0 Å². The quantitative estimate of drug-likeness (QED) is 0.823. The molecule has 0 spiro atoms. The number of hydrogen-bond acceptors (Lipinski definition) is 3. The van der Waals surface area contributed by atoms with Gasteiger partial charge in [-0.15, -0.1) is 0 Å². The van der Waals surface area contributed by atoms with E-state index in [0.29, 0.717) is 19.6 Å². The Labute approximate surface area is 110 Å². The summed E-state index contributed by atoms with van der Waals surface area (Å²) in [4.78, 5) is 13.3. The number of halogens is 2. The maximum Gasteiger partial charge on any atom is 0.238 e. The Hall–Kier alpha value is -1.53. The summed E-state index contributed by atoms with van der Waals surface area (Å²) in [6.07, 6.45) is 0.133. The number of carbonyl (C=O) groups is 1. The van der Waals surface area contributed by atoms with Gasteiger partial charge in [0.15, 0.2) is 0 Å². The molecule has 0 aliphatic carbocycles. The van der Waals surface area contributed by atoms with E-state index >= 15 is 0 Å². The summed E-state index contributed by atoms with van der Waals surface area (Å²) in [5.41, 5.74) is 0.282. The van der Waals surface area contributed by atoms with E-state index in [1.165, 1.54) is 12.1 Å². The molecule has 6 heteroatoms. The number of carbonyl (C=O) groups excluding carboxylic acids is 1. The summed E-state index contributed by atoms with van der Waals surface area (Å²) < 4.78 is 31.6. The van der Waals surface area contributed by atoms with Crippen molar-refractivity contribution in [2.24, 2.45) is 0 Å². The van der Waals surface area contributed by atoms with Gasteiger partial charge in [-0.2, -0.15) is 0 Å². The van der Waals surface area contributed by atoms with Crippen LogP contribution in [0.25, 0.3) is 0 Å². The van der Waals surface area contributed by atoms with Crippen LogP contribution in [-0.2, 0) is 9.53 Å². The predicted octanol–water partition coefficient (Wildman–Crippen LogP) is 1.43. The fraction of sp³-hybridized carbons (Fsp3) is 0.462. The summed E-state index contributed by atoms with van der Waals surface area (Å²) >= 11 is 0. The summed E-state index contributed by atoms with van der Waals surface area (Å²) in [6.45, 7) is 1.16. The van der Waals surface area contributed by atoms with Gasteiger partial charge in [0.1, 0.15) is 17.8 Å². The van der Waals surface area contributed by atoms with Gasteiger partial charge in [-0.1, -0.05) is 0 Å². The smallest absolute Gasteiger partial charge is 0.238 e. The lowest BCUT2D eigenvalue weighted by Gasteiger charge is -2.24. The highest BCUT2D eigenvalue weighted by molar-refractivity contribution is 5.80. The fourth-order valence-electron chi connectivity index (χ4n) is 2.17. The van der Waals surface area contributed by atoms with Gasteiger partial charge in [0, 0.05) is 31.9 Å². The molecule has 104 valence electrons. The largest absolute Gasteiger partial charge is 0.385 e. The highest BCUT2D eigenvalue weighted by Crippen LogP contribution is 2.25. The van der Waals surface area contributed by atoms with Crippen LogP contribution >= 0.6 is 0 Å². The van der Waals surface area contributed by atoms with Crippen LogP contribution in [0.2, 0.25) is 0 Å². The standard InChI is InChI=1S/C13H16F2N2O2/c1-19-6-2-5-17-12(18)8-16-13(17)10-4-3-9(14)7-11(10)15/h3-4,7,13,16H,2,5-6,8H2,1H3. The van der Waals surface area contributed by atoms with E-state index in [-0.39, 0.29) is 18.0 Å². The second-order valence-electron chi connectivity index (χ2n) is 4.38. The number of benzene rings is 1. The van der Waals surface area contributed by atoms with Crippen LogP contribution in [0.5, 0.6) is 0 Å². The lowest BCUT2D eigenvalue weighted by atomic mass is 10.1. The van der Waals surface area contributed by atoms with E-state index in [4.69, 9.17) is 4.74 Å². The summed E-state index contributed by atoms with van der Waals surface area (Å²) in [6, 6.07) is 3.38. The van der Waals surface area contributed by atoms with E-state index in [2.05, 4.69) is 5.32 Å². The number of ether oxygens (including phenoxy) is 1. The summed E-state index contributed by atoms with van der Waals surface area (Å²) in [7, 11) is 1.58. The SMILES string of the molecule is COCCCN1C(=O)CNC1c1ccc(F)cc1F. The molecule has 1 aliphatic rings. The third-order valence-corrected chi connectivity index (χ3v) is 3.08. The van der Waals surface area contributed by atoms with Gasteiger partial charge in [-0.3, -0.25) is 10.1 Å². The summed E-state index contributed by atoms with van der Waals surface area (Å²) in [5.74, 6) is -1.37. The number of methoxy groups -OCH3 is 1. The molecule has 4 nitrogen and oxygen atoms in total. The van der Waals surface area contributed by atoms with Gasteiger partial charge in [0.25, 0.3) is 0 Å². The first-order valence-electron chi connectivity index (χ1n) is 6.10. The summed E-state index contributed by atoms with van der Waals surface area (Å²) in [5, 5.41) is 2.93. The zero-order chi connectivity index (χ0) is 13.8. The van der Waals surface area contributed by atoms with Gasteiger partial charge in [0.2, 0.25) is 5.91 Å². The van der Waals surface area contributed by atoms with E-state index in [9.17, 15) is 13.6 Å². The van der Waals surface area contributed by atoms with Crippen LogP contribution in [0, 0.1) is 11.6 Å². The van der Waals surface area contributed by atoms with E-state index in [0.717, 1.165) is 6.07 Å². The second-order valence-corrected chi connectivity index (χ2v) is 4.38. The first-order valence-corrected chi connectivity index (χ1v) is 6.10. The molecule has 0 radical (unpaired) electrons. The van der Waals surface area contributed by atoms with Gasteiger partial charge in [0.05, 0.1) is 6.54 Å². The molecule has 1 aliphatic heterocycles. The van der Waals surface area contributed by atoms with E-state index in [1.54, 1.807) is 12.0 Å². The lowest BCUT2D eigenvalue weighted by Crippen LogP contribution is -2.32. The fourth-order valence-corrected chi connectivity index (χ4v) is 2.17. The van der Waals surface area contributed by atoms with Gasteiger partial charge in [-0.05, 0) is 18.6 Å². The first kappa shape index (κ1) is 13.9. The molecule has 1 atom stereocenters. The molecular weight excluding hydrogens is 254 g/mol. The molecule has 2 rings (SSSR count). The Morgan fingerprint density at radius 3 is 2.95 bits per heavy atom. The van der Waals surface area contributed by atoms with E-state index < -0.39 is 17.8 Å². The van der Waals surface area contributed by atoms with Gasteiger partial charge < -0.3 is 9.64 Å². The average molecular weight is 270 g/mol. The highest BCUT2D eigenvalue weighted by atomic mass is 19.1. The van der Waals surface area contributed by atoms with Crippen LogP contribution in [0.4, 0.5) is 8.78 Å². The predicted molar refractivity (Wildman–Crippen MR) is 65.3 cm³/mol. The second kappa shape index (κ2) is 6.08. The van der Waals surface area contributed by atoms with Crippen molar-refractivity contribution < 1.29 is 18.3 Å². The number of rotatable bonds is 5. The van der Waals surface area contributed by atoms with Crippen LogP contribution in [0.3, 0.4) is 0 Å². The maximum absolute atomic E-state index is 13.7. The van der Waals surface area contributed by atoms with Crippen molar-refractivity contribution in [1.82, 2.24) is 10.2 Å². The molecule has 0 aromatic heterocycles. The monoisotopic (exact) mass is 270 g/mol. The minimum atomic E-state index is -0.649. The van der Waals surface area contributed by atoms with Crippen molar-refractivity contribution in [3.8, 4) is 0 Å². The Bertz CT molecular complexity index is 468. The van der Waals surface area contributed by atoms with Crippen LogP contribution in [0.1, 0.15) is 18.2 Å². The molecule has 19 heavy (non-hydrogen) atoms. The van der Waals surface area contributed by atoms with Crippen molar-refractivity contribution in [3.05, 3.63) is 35.4 Å². The highest BCUT2D eigenvalue weighted by Gasteiger charge is 2.32. The van der Waals surface area contributed by atoms with Crippen LogP contribution < -0.4 is 5.32 Å². The molecule has 1 aromatic rings. The Balaban J connectivity index is 2.15. The third-order valence-electron chi connectivity index (χ3n) is 3.08. The first-order chi connectivity index (χ1) is 9.13. The van der Waals surface area contributed by atoms with Crippen LogP contribution in [0.15, 0.2) is 18.2 Å². The molecule has 1 amide bonds. The molecular formula is C13H16F2N2O2. The molecule has 1 N–H and O–H groups in total. The number of nitrogens with one attached hydrogen (secondary N) is 1. The molecule has 0 bridgehead atoms. The van der Waals surface area contributed by atoms with Gasteiger partial charge in [-0.25, -0.2) is 8.78 Å². The van der Waals surface area contributed by atoms with Crippen molar-refractivity contribution in [2.45, 2.75) is 12.6 Å². The lowest BCUT2D eigenvalue weighted by molar-refractivity contribution is -0.128. The Morgan fingerprint density at radius 2 is 2.26 bits per heavy atom. The average Bonchev–Trinajstić information content (AvgIpc) is 2.72. The van der Waals surface area contributed by atoms with Crippen LogP contribution in [-0.4, -0.2) is 37.6 Å². The van der Waals surface area contributed by atoms with Crippen molar-refractivity contribution >= 4 is 5.91 Å². The zero-order valence-corrected chi connectivity index (χ0v) is 10.7. The molecule has 1 heterocycles. The number of amides is 1. The van der Waals surface area contributed by atoms with Crippen molar-refractivity contribution in [2.75, 3.05) is 26.8 Å². The zero-order valence-electron chi connectivity index (χ0n) is 10.7. The topological polar surface area (TPSA) is 41.6 Å². The molecule has 1 unspecified atom stereocenters. The minimum Gasteiger partial charge on any atom is -0.385 e. The number of nitrogens with zero attached hydrogens (tertiary/aromatic N) is 1. The molecule has 1 aromatic carbocycles. The van der Waals surface area contributed by atoms with E-state index in [1.807, 2.05) is 0 Å². The number of hydrogen-bond donors (Lipinski definition) is 1. The molecule has 1 fully saturated rings. The maximum atomic E-state index is 13.7. The Kier molecular flexibility index (Phi) is 4.44. The van der Waals surface area contributed by atoms with Crippen molar-refractivity contribution in [3.63, 3.8) is 0 Å². The normalized spacial score (nSPS) is 19.2. The minimum absolute atomic E-state index is 0.0928. The Morgan fingerprint density at radius 1 is 1.47 bits per heavy atom. The molecule has 1 saturated heterocycles. The molecule has 0 saturated carbocycles. The third kappa shape index (κ3) is 3.08. The van der Waals surface area contributed by atoms with Crippen molar-refractivity contribution in [1.29, 1.82) is 0 Å².